The number of aliphatic imine (C=N–C) groups is 1. The largest absolute Gasteiger partial charge is 0.395 e. The Hall–Kier alpha value is -3.90. The number of likely N-dealkylation sites (N-methyl/N-ethyl adjacent to an activating group) is 1. The molecule has 2 heterocycles. The average Bonchev–Trinajstić information content (AvgIpc) is 3.37. The second-order valence-electron chi connectivity index (χ2n) is 7.98. The van der Waals surface area contributed by atoms with E-state index in [2.05, 4.69) is 36.9 Å². The van der Waals surface area contributed by atoms with E-state index in [4.69, 9.17) is 28.3 Å². The Morgan fingerprint density at radius 1 is 1.26 bits per heavy atom. The molecule has 0 aromatic carbocycles. The normalized spacial score (nSPS) is 15.6. The second kappa shape index (κ2) is 13.3. The summed E-state index contributed by atoms with van der Waals surface area (Å²) >= 11 is 12.6. The highest BCUT2D eigenvalue weighted by molar-refractivity contribution is 6.32. The maximum absolute atomic E-state index is 13.4. The quantitative estimate of drug-likeness (QED) is 0.332. The van der Waals surface area contributed by atoms with Gasteiger partial charge in [0.05, 0.1) is 17.7 Å². The van der Waals surface area contributed by atoms with Crippen LogP contribution in [0.15, 0.2) is 57.7 Å². The van der Waals surface area contributed by atoms with E-state index in [0.717, 1.165) is 10.7 Å². The number of carbonyl (C=O) groups excluding carboxylic acids is 3. The second-order valence-corrected chi connectivity index (χ2v) is 8.82. The maximum Gasteiger partial charge on any atom is 0.282 e. The van der Waals surface area contributed by atoms with Crippen molar-refractivity contribution >= 4 is 46.8 Å². The topological polar surface area (TPSA) is 151 Å². The molecule has 0 spiro atoms. The van der Waals surface area contributed by atoms with Gasteiger partial charge in [0.15, 0.2) is 5.82 Å². The zero-order chi connectivity index (χ0) is 28.7. The van der Waals surface area contributed by atoms with Crippen LogP contribution in [-0.4, -0.2) is 75.7 Å². The number of halogens is 4. The van der Waals surface area contributed by atoms with E-state index in [-0.39, 0.29) is 45.9 Å². The molecule has 0 saturated heterocycles. The minimum Gasteiger partial charge on any atom is -0.395 e. The molecule has 206 valence electrons. The molecule has 1 aliphatic carbocycles. The highest BCUT2D eigenvalue weighted by Gasteiger charge is 2.31. The molecule has 2 aromatic heterocycles. The zero-order valence-electron chi connectivity index (χ0n) is 20.6. The van der Waals surface area contributed by atoms with Crippen molar-refractivity contribution in [3.05, 3.63) is 69.1 Å². The van der Waals surface area contributed by atoms with Gasteiger partial charge in [0, 0.05) is 36.0 Å². The predicted molar refractivity (Wildman–Crippen MR) is 139 cm³/mol. The molecule has 1 aliphatic rings. The third-order valence-corrected chi connectivity index (χ3v) is 5.88. The number of amides is 3. The number of allylic oxidation sites excluding steroid dienone is 3. The SMILES string of the molecule is CNC(=O)C1=CC(=C=NC(C)C(=O)NCCO)C=C(Cl)C1NC(=O)c1cc(C(F)F)nn1-c1ncccc1Cl. The van der Waals surface area contributed by atoms with Crippen molar-refractivity contribution < 1.29 is 28.3 Å². The van der Waals surface area contributed by atoms with Crippen LogP contribution in [0.3, 0.4) is 0 Å². The van der Waals surface area contributed by atoms with E-state index in [9.17, 15) is 23.2 Å². The summed E-state index contributed by atoms with van der Waals surface area (Å²) < 4.78 is 27.8. The number of pyridine rings is 1. The molecule has 4 N–H and O–H groups in total. The van der Waals surface area contributed by atoms with Crippen molar-refractivity contribution in [2.24, 2.45) is 4.99 Å². The van der Waals surface area contributed by atoms with E-state index >= 15 is 0 Å². The van der Waals surface area contributed by atoms with Gasteiger partial charge in [-0.3, -0.25) is 14.4 Å². The lowest BCUT2D eigenvalue weighted by Crippen LogP contribution is -2.42. The summed E-state index contributed by atoms with van der Waals surface area (Å²) in [7, 11) is 1.37. The van der Waals surface area contributed by atoms with Crippen LogP contribution in [0.25, 0.3) is 5.82 Å². The number of aromatic nitrogens is 3. The van der Waals surface area contributed by atoms with Crippen LogP contribution in [0.4, 0.5) is 8.78 Å². The summed E-state index contributed by atoms with van der Waals surface area (Å²) in [5.41, 5.74) is -0.786. The van der Waals surface area contributed by atoms with Gasteiger partial charge in [-0.05, 0) is 43.1 Å². The molecular weight excluding hydrogens is 559 g/mol. The van der Waals surface area contributed by atoms with Crippen LogP contribution in [0.1, 0.15) is 29.5 Å². The molecule has 0 aliphatic heterocycles. The molecule has 15 heteroatoms. The molecule has 39 heavy (non-hydrogen) atoms. The lowest BCUT2D eigenvalue weighted by Gasteiger charge is -2.23. The van der Waals surface area contributed by atoms with Crippen molar-refractivity contribution in [1.29, 1.82) is 0 Å². The Balaban J connectivity index is 1.96. The summed E-state index contributed by atoms with van der Waals surface area (Å²) in [6.07, 6.45) is 1.10. The standard InChI is InChI=1S/C24H23Cl2F2N7O4/c1-12(22(37)31-6-7-36)32-11-13-8-14(23(38)29-2)19(16(26)9-13)33-24(39)18-10-17(20(27)28)34-35(18)21-15(25)4-3-5-30-21/h3-5,8-10,12,19-20,36H,6-7H2,1-2H3,(H,29,38)(H,31,37)(H,33,39). The van der Waals surface area contributed by atoms with Gasteiger partial charge in [-0.2, -0.15) is 5.10 Å². The lowest BCUT2D eigenvalue weighted by molar-refractivity contribution is -0.122. The van der Waals surface area contributed by atoms with Gasteiger partial charge in [-0.25, -0.2) is 23.4 Å². The van der Waals surface area contributed by atoms with Gasteiger partial charge < -0.3 is 21.1 Å². The summed E-state index contributed by atoms with van der Waals surface area (Å²) in [5.74, 6) is 0.649. The van der Waals surface area contributed by atoms with E-state index < -0.39 is 41.9 Å². The van der Waals surface area contributed by atoms with Crippen LogP contribution in [0, 0.1) is 0 Å². The third-order valence-electron chi connectivity index (χ3n) is 5.26. The van der Waals surface area contributed by atoms with Gasteiger partial charge in [0.25, 0.3) is 12.3 Å². The Bertz CT molecular complexity index is 1400. The fraction of sp³-hybridized carbons (Fsp3) is 0.292. The predicted octanol–water partition coefficient (Wildman–Crippen LogP) is 1.86. The number of carbonyl (C=O) groups is 3. The van der Waals surface area contributed by atoms with E-state index in [0.29, 0.717) is 0 Å². The van der Waals surface area contributed by atoms with E-state index in [1.54, 1.807) is 0 Å². The Morgan fingerprint density at radius 2 is 2.00 bits per heavy atom. The Kier molecular flexibility index (Phi) is 10.1. The molecule has 2 aromatic rings. The molecular formula is C24H23Cl2F2N7O4. The van der Waals surface area contributed by atoms with Crippen molar-refractivity contribution in [2.75, 3.05) is 20.2 Å². The minimum atomic E-state index is -2.99. The van der Waals surface area contributed by atoms with Crippen LogP contribution < -0.4 is 16.0 Å². The summed E-state index contributed by atoms with van der Waals surface area (Å²) in [6.45, 7) is 1.34. The summed E-state index contributed by atoms with van der Waals surface area (Å²) in [6, 6.07) is 1.83. The van der Waals surface area contributed by atoms with Crippen molar-refractivity contribution in [1.82, 2.24) is 30.7 Å². The molecule has 0 fully saturated rings. The summed E-state index contributed by atoms with van der Waals surface area (Å²) in [5, 5.41) is 20.1. The molecule has 3 amide bonds. The highest BCUT2D eigenvalue weighted by Crippen LogP contribution is 2.27. The van der Waals surface area contributed by atoms with Crippen LogP contribution >= 0.6 is 23.2 Å². The van der Waals surface area contributed by atoms with E-state index in [1.165, 1.54) is 44.5 Å². The Labute approximate surface area is 231 Å². The average molecular weight is 582 g/mol. The van der Waals surface area contributed by atoms with E-state index in [1.807, 2.05) is 0 Å². The summed E-state index contributed by atoms with van der Waals surface area (Å²) in [4.78, 5) is 45.9. The number of nitrogens with one attached hydrogen (secondary N) is 3. The number of nitrogens with zero attached hydrogens (tertiary/aromatic N) is 4. The van der Waals surface area contributed by atoms with Crippen molar-refractivity contribution in [2.45, 2.75) is 25.4 Å². The first kappa shape index (κ1) is 29.7. The van der Waals surface area contributed by atoms with Gasteiger partial charge in [0.2, 0.25) is 11.8 Å². The fourth-order valence-corrected chi connectivity index (χ4v) is 3.84. The first-order chi connectivity index (χ1) is 18.6. The molecule has 0 radical (unpaired) electrons. The molecule has 2 unspecified atom stereocenters. The number of alkyl halides is 2. The van der Waals surface area contributed by atoms with Crippen molar-refractivity contribution in [3.63, 3.8) is 0 Å². The van der Waals surface area contributed by atoms with Crippen LogP contribution in [0.5, 0.6) is 0 Å². The highest BCUT2D eigenvalue weighted by atomic mass is 35.5. The van der Waals surface area contributed by atoms with Gasteiger partial charge >= 0.3 is 0 Å². The number of aliphatic hydroxyl groups is 1. The number of hydrogen-bond acceptors (Lipinski definition) is 7. The van der Waals surface area contributed by atoms with Gasteiger partial charge in [0.1, 0.15) is 17.4 Å². The molecule has 0 bridgehead atoms. The Morgan fingerprint density at radius 3 is 2.64 bits per heavy atom. The maximum atomic E-state index is 13.4. The molecule has 2 atom stereocenters. The number of hydrogen-bond donors (Lipinski definition) is 4. The molecule has 3 rings (SSSR count). The van der Waals surface area contributed by atoms with Crippen LogP contribution in [0.2, 0.25) is 5.02 Å². The third kappa shape index (κ3) is 7.15. The zero-order valence-corrected chi connectivity index (χ0v) is 22.1. The van der Waals surface area contributed by atoms with Crippen LogP contribution in [-0.2, 0) is 9.59 Å². The first-order valence-corrected chi connectivity index (χ1v) is 12.1. The van der Waals surface area contributed by atoms with Gasteiger partial charge in [-0.1, -0.05) is 23.2 Å². The number of rotatable bonds is 9. The first-order valence-electron chi connectivity index (χ1n) is 11.4. The minimum absolute atomic E-state index is 0.00977. The van der Waals surface area contributed by atoms with Crippen molar-refractivity contribution in [3.8, 4) is 5.82 Å². The number of aliphatic hydroxyl groups excluding tert-OH is 1. The fourth-order valence-electron chi connectivity index (χ4n) is 3.35. The lowest BCUT2D eigenvalue weighted by atomic mass is 9.96. The molecule has 11 nitrogen and oxygen atoms in total. The molecule has 0 saturated carbocycles. The van der Waals surface area contributed by atoms with Gasteiger partial charge in [-0.15, -0.1) is 0 Å². The monoisotopic (exact) mass is 581 g/mol. The smallest absolute Gasteiger partial charge is 0.282 e.